The molecule has 0 aliphatic rings. The third-order valence-electron chi connectivity index (χ3n) is 1.32. The minimum Gasteiger partial charge on any atom is -0.506 e. The Morgan fingerprint density at radius 3 is 2.57 bits per heavy atom. The Morgan fingerprint density at radius 1 is 1.36 bits per heavy atom. The van der Waals surface area contributed by atoms with E-state index in [-0.39, 0.29) is 39.7 Å². The lowest BCUT2D eigenvalue weighted by Gasteiger charge is -1.98. The van der Waals surface area contributed by atoms with Gasteiger partial charge in [0.1, 0.15) is 5.75 Å². The van der Waals surface area contributed by atoms with Crippen LogP contribution >= 0.6 is 45.7 Å². The fourth-order valence-corrected chi connectivity index (χ4v) is 1.45. The molecule has 0 aromatic carbocycles. The molecule has 0 radical (unpaired) electrons. The summed E-state index contributed by atoms with van der Waals surface area (Å²) in [6.45, 7) is 0.697. The molecule has 1 heterocycles. The van der Waals surface area contributed by atoms with Crippen LogP contribution < -0.4 is 5.73 Å². The average Bonchev–Trinajstić information content (AvgIpc) is 2.09. The molecule has 82 valence electrons. The van der Waals surface area contributed by atoms with E-state index < -0.39 is 0 Å². The first-order chi connectivity index (χ1) is 5.83. The zero-order valence-corrected chi connectivity index (χ0v) is 11.8. The highest BCUT2D eigenvalue weighted by Crippen LogP contribution is 2.11. The minimum absolute atomic E-state index is 0. The molecule has 6 heteroatoms. The molecule has 0 spiro atoms. The van der Waals surface area contributed by atoms with Crippen LogP contribution in [0, 0.1) is 0 Å². The van der Waals surface area contributed by atoms with Crippen molar-refractivity contribution in [2.45, 2.75) is 5.75 Å². The van der Waals surface area contributed by atoms with Crippen molar-refractivity contribution in [2.75, 3.05) is 12.3 Å². The number of nitrogens with two attached hydrogens (primary N) is 1. The fraction of sp³-hybridized carbons (Fsp3) is 0.375. The third kappa shape index (κ3) is 6.64. The minimum atomic E-state index is 0. The second-order valence-electron chi connectivity index (χ2n) is 2.35. The molecule has 1 rings (SSSR count). The van der Waals surface area contributed by atoms with Gasteiger partial charge in [0.2, 0.25) is 0 Å². The number of hydrogen-bond acceptors (Lipinski definition) is 4. The Bertz CT molecular complexity index is 233. The standard InChI is InChI=1S/C8H12N2OS.2BrH/c9-3-4-12-6-7-1-2-8(11)5-10-7;;/h1-2,5,11H,3-4,6,9H2;2*1H. The van der Waals surface area contributed by atoms with Gasteiger partial charge in [-0.3, -0.25) is 4.98 Å². The summed E-state index contributed by atoms with van der Waals surface area (Å²) >= 11 is 1.74. The number of nitrogens with zero attached hydrogens (tertiary/aromatic N) is 1. The first kappa shape index (κ1) is 16.6. The van der Waals surface area contributed by atoms with Crippen LogP contribution in [0.5, 0.6) is 5.75 Å². The van der Waals surface area contributed by atoms with Crippen molar-refractivity contribution in [3.05, 3.63) is 24.0 Å². The Hall–Kier alpha value is 0.220. The van der Waals surface area contributed by atoms with Crippen molar-refractivity contribution in [2.24, 2.45) is 5.73 Å². The molecule has 0 aliphatic heterocycles. The van der Waals surface area contributed by atoms with Gasteiger partial charge in [-0.25, -0.2) is 0 Å². The Balaban J connectivity index is 0. The maximum atomic E-state index is 8.94. The average molecular weight is 346 g/mol. The highest BCUT2D eigenvalue weighted by Gasteiger charge is 1.94. The van der Waals surface area contributed by atoms with Crippen LogP contribution in [0.1, 0.15) is 5.69 Å². The number of aromatic nitrogens is 1. The van der Waals surface area contributed by atoms with Crippen LogP contribution in [0.4, 0.5) is 0 Å². The zero-order valence-electron chi connectivity index (χ0n) is 7.55. The van der Waals surface area contributed by atoms with E-state index in [1.54, 1.807) is 17.8 Å². The maximum absolute atomic E-state index is 8.94. The summed E-state index contributed by atoms with van der Waals surface area (Å²) in [6.07, 6.45) is 1.46. The Morgan fingerprint density at radius 2 is 2.07 bits per heavy atom. The van der Waals surface area contributed by atoms with Gasteiger partial charge in [-0.15, -0.1) is 34.0 Å². The number of aromatic hydroxyl groups is 1. The first-order valence-electron chi connectivity index (χ1n) is 3.74. The zero-order chi connectivity index (χ0) is 8.81. The van der Waals surface area contributed by atoms with Crippen molar-refractivity contribution >= 4 is 45.7 Å². The van der Waals surface area contributed by atoms with Crippen LogP contribution in [0.25, 0.3) is 0 Å². The SMILES string of the molecule is Br.Br.NCCSCc1ccc(O)cn1. The lowest BCUT2D eigenvalue weighted by molar-refractivity contribution is 0.472. The molecule has 3 N–H and O–H groups in total. The second-order valence-corrected chi connectivity index (χ2v) is 3.45. The molecule has 3 nitrogen and oxygen atoms in total. The number of hydrogen-bond donors (Lipinski definition) is 2. The number of halogens is 2. The molecule has 14 heavy (non-hydrogen) atoms. The molecule has 0 saturated heterocycles. The van der Waals surface area contributed by atoms with Gasteiger partial charge in [0, 0.05) is 18.1 Å². The predicted molar refractivity (Wildman–Crippen MR) is 71.8 cm³/mol. The largest absolute Gasteiger partial charge is 0.506 e. The van der Waals surface area contributed by atoms with Crippen molar-refractivity contribution < 1.29 is 5.11 Å². The molecule has 0 atom stereocenters. The summed E-state index contributed by atoms with van der Waals surface area (Å²) in [6, 6.07) is 3.46. The lowest BCUT2D eigenvalue weighted by Crippen LogP contribution is -2.01. The number of rotatable bonds is 4. The van der Waals surface area contributed by atoms with Gasteiger partial charge in [-0.05, 0) is 12.1 Å². The van der Waals surface area contributed by atoms with Crippen LogP contribution in [-0.2, 0) is 5.75 Å². The highest BCUT2D eigenvalue weighted by molar-refractivity contribution is 8.93. The van der Waals surface area contributed by atoms with E-state index in [0.29, 0.717) is 6.54 Å². The van der Waals surface area contributed by atoms with Gasteiger partial charge < -0.3 is 10.8 Å². The van der Waals surface area contributed by atoms with E-state index in [1.165, 1.54) is 6.20 Å². The van der Waals surface area contributed by atoms with E-state index in [4.69, 9.17) is 10.8 Å². The maximum Gasteiger partial charge on any atom is 0.133 e. The molecular formula is C8H14Br2N2OS. The molecule has 0 amide bonds. The second kappa shape index (κ2) is 9.76. The van der Waals surface area contributed by atoms with E-state index in [2.05, 4.69) is 4.98 Å². The summed E-state index contributed by atoms with van der Waals surface area (Å²) in [7, 11) is 0. The van der Waals surface area contributed by atoms with Crippen molar-refractivity contribution in [1.29, 1.82) is 0 Å². The number of pyridine rings is 1. The van der Waals surface area contributed by atoms with Crippen LogP contribution in [0.3, 0.4) is 0 Å². The molecule has 0 unspecified atom stereocenters. The summed E-state index contributed by atoms with van der Waals surface area (Å²) in [5.74, 6) is 2.02. The van der Waals surface area contributed by atoms with Gasteiger partial charge >= 0.3 is 0 Å². The van der Waals surface area contributed by atoms with Crippen molar-refractivity contribution in [3.8, 4) is 5.75 Å². The topological polar surface area (TPSA) is 59.1 Å². The molecular weight excluding hydrogens is 332 g/mol. The Kier molecular flexibility index (Phi) is 11.6. The Labute approximate surface area is 109 Å². The summed E-state index contributed by atoms with van der Waals surface area (Å²) < 4.78 is 0. The van der Waals surface area contributed by atoms with Crippen molar-refractivity contribution in [1.82, 2.24) is 4.98 Å². The molecule has 0 aliphatic carbocycles. The van der Waals surface area contributed by atoms with E-state index in [1.807, 2.05) is 6.07 Å². The van der Waals surface area contributed by atoms with Crippen LogP contribution in [-0.4, -0.2) is 22.4 Å². The van der Waals surface area contributed by atoms with Gasteiger partial charge in [0.15, 0.2) is 0 Å². The van der Waals surface area contributed by atoms with Crippen molar-refractivity contribution in [3.63, 3.8) is 0 Å². The fourth-order valence-electron chi connectivity index (χ4n) is 0.762. The molecule has 0 saturated carbocycles. The smallest absolute Gasteiger partial charge is 0.133 e. The van der Waals surface area contributed by atoms with Gasteiger partial charge in [-0.2, -0.15) is 11.8 Å². The quantitative estimate of drug-likeness (QED) is 0.821. The lowest BCUT2D eigenvalue weighted by atomic mass is 10.4. The molecule has 1 aromatic rings. The summed E-state index contributed by atoms with van der Waals surface area (Å²) in [5.41, 5.74) is 6.31. The monoisotopic (exact) mass is 344 g/mol. The molecule has 0 bridgehead atoms. The van der Waals surface area contributed by atoms with E-state index in [0.717, 1.165) is 17.2 Å². The first-order valence-corrected chi connectivity index (χ1v) is 4.90. The van der Waals surface area contributed by atoms with Crippen LogP contribution in [0.2, 0.25) is 0 Å². The van der Waals surface area contributed by atoms with Gasteiger partial charge in [-0.1, -0.05) is 0 Å². The highest BCUT2D eigenvalue weighted by atomic mass is 79.9. The van der Waals surface area contributed by atoms with E-state index >= 15 is 0 Å². The molecule has 0 fully saturated rings. The molecule has 1 aromatic heterocycles. The van der Waals surface area contributed by atoms with Gasteiger partial charge in [0.05, 0.1) is 11.9 Å². The predicted octanol–water partition coefficient (Wildman–Crippen LogP) is 2.13. The third-order valence-corrected chi connectivity index (χ3v) is 2.35. The van der Waals surface area contributed by atoms with Gasteiger partial charge in [0.25, 0.3) is 0 Å². The summed E-state index contributed by atoms with van der Waals surface area (Å²) in [4.78, 5) is 4.04. The van der Waals surface area contributed by atoms with Crippen LogP contribution in [0.15, 0.2) is 18.3 Å². The normalized spacial score (nSPS) is 8.64. The van der Waals surface area contributed by atoms with E-state index in [9.17, 15) is 0 Å². The summed E-state index contributed by atoms with van der Waals surface area (Å²) in [5, 5.41) is 8.94. The number of thioether (sulfide) groups is 1.